The highest BCUT2D eigenvalue weighted by molar-refractivity contribution is 5.85. The summed E-state index contributed by atoms with van der Waals surface area (Å²) in [6.07, 6.45) is 1.63. The molecule has 0 saturated carbocycles. The van der Waals surface area contributed by atoms with Gasteiger partial charge in [-0.15, -0.1) is 24.8 Å². The van der Waals surface area contributed by atoms with Crippen molar-refractivity contribution in [2.24, 2.45) is 5.92 Å². The molecule has 0 radical (unpaired) electrons. The van der Waals surface area contributed by atoms with Gasteiger partial charge in [-0.25, -0.2) is 0 Å². The van der Waals surface area contributed by atoms with Crippen LogP contribution in [0.25, 0.3) is 0 Å². The summed E-state index contributed by atoms with van der Waals surface area (Å²) in [5.41, 5.74) is 0. The van der Waals surface area contributed by atoms with Crippen molar-refractivity contribution in [2.75, 3.05) is 39.8 Å². The highest BCUT2D eigenvalue weighted by atomic mass is 35.5. The Labute approximate surface area is 141 Å². The zero-order chi connectivity index (χ0) is 14.3. The van der Waals surface area contributed by atoms with Crippen LogP contribution in [0.3, 0.4) is 0 Å². The zero-order valence-corrected chi connectivity index (χ0v) is 15.2. The number of rotatable bonds is 7. The molecule has 1 aliphatic rings. The monoisotopic (exact) mass is 343 g/mol. The van der Waals surface area contributed by atoms with Crippen LogP contribution in [0.15, 0.2) is 0 Å². The third kappa shape index (κ3) is 9.53. The van der Waals surface area contributed by atoms with Gasteiger partial charge in [-0.2, -0.15) is 0 Å². The number of ether oxygens (including phenoxy) is 1. The molecule has 1 fully saturated rings. The van der Waals surface area contributed by atoms with Crippen molar-refractivity contribution in [3.05, 3.63) is 0 Å². The fraction of sp³-hybridized carbons (Fsp3) is 0.929. The number of hydrogen-bond acceptors (Lipinski definition) is 4. The molecule has 1 amide bonds. The minimum Gasteiger partial charge on any atom is -0.373 e. The van der Waals surface area contributed by atoms with Gasteiger partial charge in [-0.05, 0) is 27.3 Å². The van der Waals surface area contributed by atoms with Crippen LogP contribution in [0.2, 0.25) is 0 Å². The van der Waals surface area contributed by atoms with Crippen LogP contribution >= 0.6 is 24.8 Å². The molecule has 0 bridgehead atoms. The summed E-state index contributed by atoms with van der Waals surface area (Å²) in [7, 11) is 1.87. The summed E-state index contributed by atoms with van der Waals surface area (Å²) < 4.78 is 5.70. The second-order valence-corrected chi connectivity index (χ2v) is 5.62. The van der Waals surface area contributed by atoms with Crippen LogP contribution < -0.4 is 10.6 Å². The lowest BCUT2D eigenvalue weighted by atomic mass is 10.1. The minimum absolute atomic E-state index is 0. The number of hydrogen-bond donors (Lipinski definition) is 2. The van der Waals surface area contributed by atoms with Gasteiger partial charge in [0, 0.05) is 38.6 Å². The molecule has 1 heterocycles. The van der Waals surface area contributed by atoms with E-state index < -0.39 is 0 Å². The Bertz CT molecular complexity index is 273. The van der Waals surface area contributed by atoms with Crippen LogP contribution in [0, 0.1) is 5.92 Å². The Morgan fingerprint density at radius 1 is 1.29 bits per heavy atom. The molecule has 3 unspecified atom stereocenters. The Kier molecular flexibility index (Phi) is 13.8. The number of halogens is 2. The maximum absolute atomic E-state index is 11.7. The van der Waals surface area contributed by atoms with Crippen molar-refractivity contribution in [2.45, 2.75) is 39.4 Å². The number of nitrogens with one attached hydrogen (secondary N) is 2. The Hall–Kier alpha value is -0.0700. The van der Waals surface area contributed by atoms with Gasteiger partial charge in [0.25, 0.3) is 0 Å². The molecule has 5 nitrogen and oxygen atoms in total. The van der Waals surface area contributed by atoms with Crippen molar-refractivity contribution in [3.8, 4) is 0 Å². The van der Waals surface area contributed by atoms with E-state index in [-0.39, 0.29) is 36.6 Å². The number of morpholine rings is 1. The van der Waals surface area contributed by atoms with Crippen molar-refractivity contribution >= 4 is 30.7 Å². The van der Waals surface area contributed by atoms with Gasteiger partial charge in [0.15, 0.2) is 0 Å². The fourth-order valence-electron chi connectivity index (χ4n) is 2.55. The molecule has 128 valence electrons. The fourth-order valence-corrected chi connectivity index (χ4v) is 2.55. The summed E-state index contributed by atoms with van der Waals surface area (Å²) in [6, 6.07) is 0. The van der Waals surface area contributed by atoms with Gasteiger partial charge in [0.1, 0.15) is 0 Å². The average molecular weight is 344 g/mol. The first kappa shape index (κ1) is 23.2. The average Bonchev–Trinajstić information content (AvgIpc) is 2.33. The third-order valence-corrected chi connectivity index (χ3v) is 3.40. The van der Waals surface area contributed by atoms with Crippen molar-refractivity contribution in [3.63, 3.8) is 0 Å². The molecule has 1 rings (SSSR count). The molecule has 1 saturated heterocycles. The van der Waals surface area contributed by atoms with E-state index in [0.717, 1.165) is 39.1 Å². The topological polar surface area (TPSA) is 53.6 Å². The second kappa shape index (κ2) is 12.5. The molecular weight excluding hydrogens is 313 g/mol. The number of carbonyl (C=O) groups excluding carboxylic acids is 1. The zero-order valence-electron chi connectivity index (χ0n) is 13.6. The first-order valence-electron chi connectivity index (χ1n) is 7.33. The van der Waals surface area contributed by atoms with Gasteiger partial charge in [-0.3, -0.25) is 9.69 Å². The lowest BCUT2D eigenvalue weighted by molar-refractivity contribution is -0.124. The van der Waals surface area contributed by atoms with E-state index in [1.807, 2.05) is 14.0 Å². The molecule has 2 N–H and O–H groups in total. The summed E-state index contributed by atoms with van der Waals surface area (Å²) in [4.78, 5) is 14.1. The number of carbonyl (C=O) groups is 1. The van der Waals surface area contributed by atoms with Crippen molar-refractivity contribution in [1.29, 1.82) is 0 Å². The molecule has 0 spiro atoms. The molecule has 0 aromatic heterocycles. The first-order valence-corrected chi connectivity index (χ1v) is 7.33. The molecule has 1 aliphatic heterocycles. The van der Waals surface area contributed by atoms with E-state index in [2.05, 4.69) is 29.4 Å². The van der Waals surface area contributed by atoms with E-state index in [4.69, 9.17) is 4.74 Å². The first-order chi connectivity index (χ1) is 9.02. The highest BCUT2D eigenvalue weighted by Gasteiger charge is 2.21. The maximum Gasteiger partial charge on any atom is 0.224 e. The molecule has 3 atom stereocenters. The number of nitrogens with zero attached hydrogens (tertiary/aromatic N) is 1. The summed E-state index contributed by atoms with van der Waals surface area (Å²) in [5, 5.41) is 6.01. The van der Waals surface area contributed by atoms with Crippen LogP contribution in [-0.4, -0.2) is 62.8 Å². The van der Waals surface area contributed by atoms with Crippen molar-refractivity contribution < 1.29 is 9.53 Å². The lowest BCUT2D eigenvalue weighted by Crippen LogP contribution is -2.46. The van der Waals surface area contributed by atoms with Crippen LogP contribution in [0.1, 0.15) is 27.2 Å². The predicted octanol–water partition coefficient (Wildman–Crippen LogP) is 1.30. The molecule has 7 heteroatoms. The molecule has 0 aliphatic carbocycles. The van der Waals surface area contributed by atoms with Gasteiger partial charge in [0.05, 0.1) is 12.2 Å². The summed E-state index contributed by atoms with van der Waals surface area (Å²) in [6.45, 7) is 10.7. The normalized spacial score (nSPS) is 23.6. The molecule has 21 heavy (non-hydrogen) atoms. The minimum atomic E-state index is 0. The van der Waals surface area contributed by atoms with Gasteiger partial charge in [0.2, 0.25) is 5.91 Å². The van der Waals surface area contributed by atoms with Gasteiger partial charge in [-0.1, -0.05) is 6.92 Å². The maximum atomic E-state index is 11.7. The number of amides is 1. The highest BCUT2D eigenvalue weighted by Crippen LogP contribution is 2.10. The predicted molar refractivity (Wildman–Crippen MR) is 91.7 cm³/mol. The summed E-state index contributed by atoms with van der Waals surface area (Å²) >= 11 is 0. The molecule has 0 aromatic rings. The summed E-state index contributed by atoms with van der Waals surface area (Å²) in [5.74, 6) is 0.173. The standard InChI is InChI=1S/C14H29N3O2.2ClH/c1-11(8-15-4)14(18)16-6-5-7-17-9-12(2)19-13(3)10-17;;/h11-13,15H,5-10H2,1-4H3,(H,16,18);2*1H. The quantitative estimate of drug-likeness (QED) is 0.684. The lowest BCUT2D eigenvalue weighted by Gasteiger charge is -2.35. The van der Waals surface area contributed by atoms with E-state index in [9.17, 15) is 4.79 Å². The van der Waals surface area contributed by atoms with E-state index in [1.165, 1.54) is 0 Å². The largest absolute Gasteiger partial charge is 0.373 e. The SMILES string of the molecule is CNCC(C)C(=O)NCCCN1CC(C)OC(C)C1.Cl.Cl. The van der Waals surface area contributed by atoms with Gasteiger partial charge < -0.3 is 15.4 Å². The van der Waals surface area contributed by atoms with Gasteiger partial charge >= 0.3 is 0 Å². The Balaban J connectivity index is 0. The van der Waals surface area contributed by atoms with Crippen LogP contribution in [0.4, 0.5) is 0 Å². The van der Waals surface area contributed by atoms with Crippen LogP contribution in [0.5, 0.6) is 0 Å². The molecule has 0 aromatic carbocycles. The molecular formula is C14H31Cl2N3O2. The Morgan fingerprint density at radius 2 is 1.86 bits per heavy atom. The van der Waals surface area contributed by atoms with Crippen LogP contribution in [-0.2, 0) is 9.53 Å². The Morgan fingerprint density at radius 3 is 2.38 bits per heavy atom. The smallest absolute Gasteiger partial charge is 0.224 e. The second-order valence-electron chi connectivity index (χ2n) is 5.62. The third-order valence-electron chi connectivity index (χ3n) is 3.40. The van der Waals surface area contributed by atoms with E-state index in [1.54, 1.807) is 0 Å². The van der Waals surface area contributed by atoms with E-state index >= 15 is 0 Å². The van der Waals surface area contributed by atoms with Crippen molar-refractivity contribution in [1.82, 2.24) is 15.5 Å². The van der Waals surface area contributed by atoms with E-state index in [0.29, 0.717) is 12.2 Å².